The first-order chi connectivity index (χ1) is 4.38. The van der Waals surface area contributed by atoms with E-state index in [1.165, 1.54) is 10.4 Å². The van der Waals surface area contributed by atoms with Gasteiger partial charge in [-0.3, -0.25) is 0 Å². The van der Waals surface area contributed by atoms with Crippen LogP contribution in [0.4, 0.5) is 0 Å². The minimum absolute atomic E-state index is 1.08. The van der Waals surface area contributed by atoms with Crippen LogP contribution in [0.1, 0.15) is 16.0 Å². The van der Waals surface area contributed by atoms with Crippen molar-refractivity contribution in [3.63, 3.8) is 0 Å². The lowest BCUT2D eigenvalue weighted by Gasteiger charge is -1.88. The van der Waals surface area contributed by atoms with Gasteiger partial charge in [0.1, 0.15) is 0 Å². The summed E-state index contributed by atoms with van der Waals surface area (Å²) < 4.78 is 0. The molecule has 2 heteroatoms. The van der Waals surface area contributed by atoms with Crippen molar-refractivity contribution in [2.75, 3.05) is 0 Å². The first-order valence-corrected chi connectivity index (χ1v) is 4.02. The largest absolute Gasteiger partial charge is 0.309 e. The Labute approximate surface area is 58.7 Å². The lowest BCUT2D eigenvalue weighted by Crippen LogP contribution is -2.00. The van der Waals surface area contributed by atoms with E-state index in [1.807, 2.05) is 11.3 Å². The fraction of sp³-hybridized carbons (Fsp3) is 0.429. The van der Waals surface area contributed by atoms with Crippen molar-refractivity contribution >= 4 is 11.3 Å². The van der Waals surface area contributed by atoms with Gasteiger partial charge in [-0.05, 0) is 23.4 Å². The van der Waals surface area contributed by atoms with E-state index >= 15 is 0 Å². The lowest BCUT2D eigenvalue weighted by atomic mass is 10.2. The maximum Gasteiger partial charge on any atom is 0.0222 e. The molecule has 0 radical (unpaired) electrons. The summed E-state index contributed by atoms with van der Waals surface area (Å²) in [5, 5.41) is 5.57. The molecule has 9 heavy (non-hydrogen) atoms. The SMILES string of the molecule is Cc1scc2c1CNC2. The number of hydrogen-bond donors (Lipinski definition) is 1. The third-order valence-electron chi connectivity index (χ3n) is 1.81. The molecule has 1 aliphatic rings. The third kappa shape index (κ3) is 0.705. The minimum atomic E-state index is 1.08. The summed E-state index contributed by atoms with van der Waals surface area (Å²) in [7, 11) is 0. The van der Waals surface area contributed by atoms with Gasteiger partial charge in [0.2, 0.25) is 0 Å². The summed E-state index contributed by atoms with van der Waals surface area (Å²) >= 11 is 1.87. The Balaban J connectivity index is 2.56. The van der Waals surface area contributed by atoms with Crippen molar-refractivity contribution in [1.82, 2.24) is 5.32 Å². The highest BCUT2D eigenvalue weighted by Gasteiger charge is 2.12. The van der Waals surface area contributed by atoms with Crippen LogP contribution in [0.2, 0.25) is 0 Å². The van der Waals surface area contributed by atoms with Crippen LogP contribution in [0.3, 0.4) is 0 Å². The summed E-state index contributed by atoms with van der Waals surface area (Å²) in [6, 6.07) is 0. The number of hydrogen-bond acceptors (Lipinski definition) is 2. The monoisotopic (exact) mass is 139 g/mol. The van der Waals surface area contributed by atoms with E-state index in [0.29, 0.717) is 0 Å². The van der Waals surface area contributed by atoms with Crippen molar-refractivity contribution in [3.05, 3.63) is 21.4 Å². The highest BCUT2D eigenvalue weighted by molar-refractivity contribution is 7.10. The predicted molar refractivity (Wildman–Crippen MR) is 39.6 cm³/mol. The van der Waals surface area contributed by atoms with Crippen LogP contribution in [-0.2, 0) is 13.1 Å². The van der Waals surface area contributed by atoms with E-state index in [9.17, 15) is 0 Å². The summed E-state index contributed by atoms with van der Waals surface area (Å²) in [5.74, 6) is 0. The second-order valence-corrected chi connectivity index (χ2v) is 3.48. The maximum atomic E-state index is 3.32. The number of rotatable bonds is 0. The van der Waals surface area contributed by atoms with Crippen LogP contribution in [0.15, 0.2) is 5.38 Å². The molecule has 0 saturated carbocycles. The Bertz CT molecular complexity index is 227. The molecule has 2 rings (SSSR count). The summed E-state index contributed by atoms with van der Waals surface area (Å²) in [6.07, 6.45) is 0. The van der Waals surface area contributed by atoms with Gasteiger partial charge in [0.25, 0.3) is 0 Å². The molecule has 0 aromatic carbocycles. The fourth-order valence-corrected chi connectivity index (χ4v) is 2.13. The average molecular weight is 139 g/mol. The molecular formula is C7H9NS. The normalized spacial score (nSPS) is 16.1. The molecule has 0 fully saturated rings. The van der Waals surface area contributed by atoms with Crippen molar-refractivity contribution < 1.29 is 0 Å². The van der Waals surface area contributed by atoms with Crippen LogP contribution in [0.5, 0.6) is 0 Å². The second-order valence-electron chi connectivity index (χ2n) is 2.40. The minimum Gasteiger partial charge on any atom is -0.309 e. The smallest absolute Gasteiger partial charge is 0.0222 e. The Morgan fingerprint density at radius 3 is 3.22 bits per heavy atom. The molecule has 0 bridgehead atoms. The Hall–Kier alpha value is -0.340. The van der Waals surface area contributed by atoms with Gasteiger partial charge in [-0.25, -0.2) is 0 Å². The second kappa shape index (κ2) is 1.82. The Morgan fingerprint density at radius 2 is 2.44 bits per heavy atom. The number of aryl methyl sites for hydroxylation is 1. The molecule has 0 spiro atoms. The highest BCUT2D eigenvalue weighted by atomic mass is 32.1. The summed E-state index contributed by atoms with van der Waals surface area (Å²) in [6.45, 7) is 4.36. The third-order valence-corrected chi connectivity index (χ3v) is 2.81. The molecule has 0 atom stereocenters. The fourth-order valence-electron chi connectivity index (χ4n) is 1.24. The summed E-state index contributed by atoms with van der Waals surface area (Å²) in [5.41, 5.74) is 3.05. The van der Waals surface area contributed by atoms with Crippen molar-refractivity contribution in [2.45, 2.75) is 20.0 Å². The molecule has 0 amide bonds. The van der Waals surface area contributed by atoms with E-state index in [-0.39, 0.29) is 0 Å². The first-order valence-electron chi connectivity index (χ1n) is 3.14. The Morgan fingerprint density at radius 1 is 1.56 bits per heavy atom. The van der Waals surface area contributed by atoms with Crippen molar-refractivity contribution in [1.29, 1.82) is 0 Å². The van der Waals surface area contributed by atoms with Crippen LogP contribution < -0.4 is 5.32 Å². The van der Waals surface area contributed by atoms with E-state index in [2.05, 4.69) is 17.6 Å². The molecule has 48 valence electrons. The van der Waals surface area contributed by atoms with E-state index in [4.69, 9.17) is 0 Å². The molecule has 1 aliphatic heterocycles. The van der Waals surface area contributed by atoms with Gasteiger partial charge in [0.05, 0.1) is 0 Å². The zero-order valence-electron chi connectivity index (χ0n) is 5.40. The zero-order chi connectivity index (χ0) is 6.27. The van der Waals surface area contributed by atoms with Gasteiger partial charge >= 0.3 is 0 Å². The molecule has 0 unspecified atom stereocenters. The van der Waals surface area contributed by atoms with Crippen molar-refractivity contribution in [2.24, 2.45) is 0 Å². The topological polar surface area (TPSA) is 12.0 Å². The maximum absolute atomic E-state index is 3.32. The molecule has 0 saturated heterocycles. The van der Waals surface area contributed by atoms with Crippen molar-refractivity contribution in [3.8, 4) is 0 Å². The standard InChI is InChI=1S/C7H9NS/c1-5-7-3-8-2-6(7)4-9-5/h4,8H,2-3H2,1H3. The Kier molecular flexibility index (Phi) is 1.10. The van der Waals surface area contributed by atoms with E-state index < -0.39 is 0 Å². The number of fused-ring (bicyclic) bond motifs is 1. The van der Waals surface area contributed by atoms with Gasteiger partial charge in [-0.1, -0.05) is 0 Å². The zero-order valence-corrected chi connectivity index (χ0v) is 6.22. The lowest BCUT2D eigenvalue weighted by molar-refractivity contribution is 0.763. The predicted octanol–water partition coefficient (Wildman–Crippen LogP) is 1.66. The van der Waals surface area contributed by atoms with Gasteiger partial charge in [-0.2, -0.15) is 0 Å². The van der Waals surface area contributed by atoms with Gasteiger partial charge in [0.15, 0.2) is 0 Å². The van der Waals surface area contributed by atoms with Gasteiger partial charge in [-0.15, -0.1) is 11.3 Å². The van der Waals surface area contributed by atoms with Gasteiger partial charge in [0, 0.05) is 18.0 Å². The number of thiophene rings is 1. The van der Waals surface area contributed by atoms with Crippen LogP contribution in [-0.4, -0.2) is 0 Å². The first kappa shape index (κ1) is 5.45. The van der Waals surface area contributed by atoms with E-state index in [0.717, 1.165) is 13.1 Å². The molecule has 1 aromatic heterocycles. The quantitative estimate of drug-likeness (QED) is 0.576. The summed E-state index contributed by atoms with van der Waals surface area (Å²) in [4.78, 5) is 1.48. The van der Waals surface area contributed by atoms with Crippen LogP contribution >= 0.6 is 11.3 Å². The number of nitrogens with one attached hydrogen (secondary N) is 1. The highest BCUT2D eigenvalue weighted by Crippen LogP contribution is 2.24. The molecule has 1 aromatic rings. The molecule has 2 heterocycles. The molecule has 1 N–H and O–H groups in total. The van der Waals surface area contributed by atoms with E-state index in [1.54, 1.807) is 5.56 Å². The van der Waals surface area contributed by atoms with Gasteiger partial charge < -0.3 is 5.32 Å². The molecule has 1 nitrogen and oxygen atoms in total. The average Bonchev–Trinajstić information content (AvgIpc) is 2.35. The van der Waals surface area contributed by atoms with Crippen LogP contribution in [0, 0.1) is 6.92 Å². The molecular weight excluding hydrogens is 130 g/mol. The molecule has 0 aliphatic carbocycles. The van der Waals surface area contributed by atoms with Crippen LogP contribution in [0.25, 0.3) is 0 Å².